The van der Waals surface area contributed by atoms with Gasteiger partial charge in [-0.25, -0.2) is 0 Å². The molecule has 0 spiro atoms. The van der Waals surface area contributed by atoms with Crippen LogP contribution in [0.25, 0.3) is 0 Å². The van der Waals surface area contributed by atoms with E-state index >= 15 is 0 Å². The van der Waals surface area contributed by atoms with E-state index in [1.54, 1.807) is 5.57 Å². The molecule has 0 aromatic heterocycles. The van der Waals surface area contributed by atoms with Crippen LogP contribution in [0.2, 0.25) is 0 Å². The monoisotopic (exact) mass is 243 g/mol. The SMILES string of the molecule is CCCC1=CCC=CC1.NCCc1ccccc1. The summed E-state index contributed by atoms with van der Waals surface area (Å²) in [6.07, 6.45) is 12.8. The van der Waals surface area contributed by atoms with Crippen molar-refractivity contribution in [3.8, 4) is 0 Å². The quantitative estimate of drug-likeness (QED) is 0.786. The third-order valence-electron chi connectivity index (χ3n) is 2.94. The van der Waals surface area contributed by atoms with Crippen LogP contribution in [-0.4, -0.2) is 6.54 Å². The van der Waals surface area contributed by atoms with E-state index in [-0.39, 0.29) is 0 Å². The Morgan fingerprint density at radius 1 is 1.06 bits per heavy atom. The molecule has 1 nitrogen and oxygen atoms in total. The lowest BCUT2D eigenvalue weighted by molar-refractivity contribution is 0.865. The van der Waals surface area contributed by atoms with Crippen LogP contribution < -0.4 is 5.73 Å². The second kappa shape index (κ2) is 9.67. The largest absolute Gasteiger partial charge is 0.330 e. The van der Waals surface area contributed by atoms with Crippen LogP contribution in [0.3, 0.4) is 0 Å². The van der Waals surface area contributed by atoms with Gasteiger partial charge >= 0.3 is 0 Å². The molecular formula is C17H25N. The van der Waals surface area contributed by atoms with Crippen LogP contribution >= 0.6 is 0 Å². The van der Waals surface area contributed by atoms with E-state index in [2.05, 4.69) is 37.3 Å². The highest BCUT2D eigenvalue weighted by Crippen LogP contribution is 2.15. The number of allylic oxidation sites excluding steroid dienone is 4. The highest BCUT2D eigenvalue weighted by atomic mass is 14.5. The molecule has 1 aromatic rings. The van der Waals surface area contributed by atoms with E-state index in [9.17, 15) is 0 Å². The molecule has 0 bridgehead atoms. The van der Waals surface area contributed by atoms with E-state index in [0.29, 0.717) is 0 Å². The van der Waals surface area contributed by atoms with Gasteiger partial charge < -0.3 is 5.73 Å². The van der Waals surface area contributed by atoms with Gasteiger partial charge in [0.2, 0.25) is 0 Å². The third-order valence-corrected chi connectivity index (χ3v) is 2.94. The van der Waals surface area contributed by atoms with Gasteiger partial charge in [-0.1, -0.05) is 67.5 Å². The normalized spacial score (nSPS) is 13.6. The maximum atomic E-state index is 5.36. The summed E-state index contributed by atoms with van der Waals surface area (Å²) in [6, 6.07) is 10.3. The predicted octanol–water partition coefficient (Wildman–Crippen LogP) is 4.25. The predicted molar refractivity (Wildman–Crippen MR) is 80.6 cm³/mol. The molecule has 0 radical (unpaired) electrons. The fraction of sp³-hybridized carbons (Fsp3) is 0.412. The maximum Gasteiger partial charge on any atom is -0.00367 e. The molecule has 0 unspecified atom stereocenters. The van der Waals surface area contributed by atoms with Crippen molar-refractivity contribution in [2.75, 3.05) is 6.54 Å². The maximum absolute atomic E-state index is 5.36. The number of hydrogen-bond donors (Lipinski definition) is 1. The molecule has 2 N–H and O–H groups in total. The van der Waals surface area contributed by atoms with E-state index < -0.39 is 0 Å². The molecular weight excluding hydrogens is 218 g/mol. The molecule has 0 heterocycles. The minimum atomic E-state index is 0.740. The van der Waals surface area contributed by atoms with Gasteiger partial charge in [0.25, 0.3) is 0 Å². The van der Waals surface area contributed by atoms with Crippen molar-refractivity contribution >= 4 is 0 Å². The molecule has 2 rings (SSSR count). The van der Waals surface area contributed by atoms with Crippen molar-refractivity contribution in [2.45, 2.75) is 39.0 Å². The molecule has 1 heteroatoms. The summed E-state index contributed by atoms with van der Waals surface area (Å²) >= 11 is 0. The summed E-state index contributed by atoms with van der Waals surface area (Å²) in [4.78, 5) is 0. The van der Waals surface area contributed by atoms with Crippen molar-refractivity contribution in [1.82, 2.24) is 0 Å². The van der Waals surface area contributed by atoms with Crippen LogP contribution in [-0.2, 0) is 6.42 Å². The highest BCUT2D eigenvalue weighted by molar-refractivity contribution is 5.15. The first kappa shape index (κ1) is 14.7. The van der Waals surface area contributed by atoms with Gasteiger partial charge in [0.1, 0.15) is 0 Å². The summed E-state index contributed by atoms with van der Waals surface area (Å²) < 4.78 is 0. The van der Waals surface area contributed by atoms with Crippen molar-refractivity contribution < 1.29 is 0 Å². The van der Waals surface area contributed by atoms with E-state index in [1.807, 2.05) is 18.2 Å². The fourth-order valence-corrected chi connectivity index (χ4v) is 1.99. The zero-order valence-corrected chi connectivity index (χ0v) is 11.4. The van der Waals surface area contributed by atoms with Crippen LogP contribution in [0.5, 0.6) is 0 Å². The topological polar surface area (TPSA) is 26.0 Å². The molecule has 98 valence electrons. The Morgan fingerprint density at radius 2 is 1.83 bits per heavy atom. The number of nitrogens with two attached hydrogens (primary N) is 1. The molecule has 0 fully saturated rings. The summed E-state index contributed by atoms with van der Waals surface area (Å²) in [7, 11) is 0. The first-order valence-corrected chi connectivity index (χ1v) is 6.93. The van der Waals surface area contributed by atoms with Gasteiger partial charge in [0.15, 0.2) is 0 Å². The number of benzene rings is 1. The lowest BCUT2D eigenvalue weighted by atomic mass is 10.0. The van der Waals surface area contributed by atoms with Gasteiger partial charge in [-0.2, -0.15) is 0 Å². The van der Waals surface area contributed by atoms with Gasteiger partial charge in [-0.05, 0) is 37.8 Å². The molecule has 1 aliphatic rings. The van der Waals surface area contributed by atoms with E-state index in [4.69, 9.17) is 5.73 Å². The standard InChI is InChI=1S/C9H14.C8H11N/c1-2-6-9-7-4-3-5-8-9;9-7-6-8-4-2-1-3-5-8/h3-4,8H,2,5-7H2,1H3;1-5H,6-7,9H2. The molecule has 1 aliphatic carbocycles. The zero-order chi connectivity index (χ0) is 13.1. The van der Waals surface area contributed by atoms with Gasteiger partial charge in [0.05, 0.1) is 0 Å². The van der Waals surface area contributed by atoms with Crippen molar-refractivity contribution in [3.05, 3.63) is 59.7 Å². The average molecular weight is 243 g/mol. The van der Waals surface area contributed by atoms with Crippen LogP contribution in [0, 0.1) is 0 Å². The van der Waals surface area contributed by atoms with E-state index in [0.717, 1.165) is 19.4 Å². The molecule has 0 atom stereocenters. The first-order chi connectivity index (χ1) is 8.86. The number of hydrogen-bond acceptors (Lipinski definition) is 1. The van der Waals surface area contributed by atoms with E-state index in [1.165, 1.54) is 24.8 Å². The second-order valence-electron chi connectivity index (χ2n) is 4.55. The number of rotatable bonds is 4. The van der Waals surface area contributed by atoms with Crippen LogP contribution in [0.1, 0.15) is 38.2 Å². The first-order valence-electron chi connectivity index (χ1n) is 6.93. The molecule has 1 aromatic carbocycles. The minimum Gasteiger partial charge on any atom is -0.330 e. The molecule has 0 saturated heterocycles. The minimum absolute atomic E-state index is 0.740. The Hall–Kier alpha value is -1.34. The Balaban J connectivity index is 0.000000180. The summed E-state index contributed by atoms with van der Waals surface area (Å²) in [6.45, 7) is 2.98. The molecule has 18 heavy (non-hydrogen) atoms. The summed E-state index contributed by atoms with van der Waals surface area (Å²) in [5.41, 5.74) is 8.30. The van der Waals surface area contributed by atoms with Crippen molar-refractivity contribution in [3.63, 3.8) is 0 Å². The Bertz CT molecular complexity index is 362. The fourth-order valence-electron chi connectivity index (χ4n) is 1.99. The lowest BCUT2D eigenvalue weighted by Crippen LogP contribution is -2.01. The summed E-state index contributed by atoms with van der Waals surface area (Å²) in [5, 5.41) is 0. The van der Waals surface area contributed by atoms with Gasteiger partial charge in [-0.3, -0.25) is 0 Å². The average Bonchev–Trinajstić information content (AvgIpc) is 2.43. The zero-order valence-electron chi connectivity index (χ0n) is 11.4. The smallest absolute Gasteiger partial charge is 0.00367 e. The third kappa shape index (κ3) is 6.41. The van der Waals surface area contributed by atoms with Gasteiger partial charge in [-0.15, -0.1) is 0 Å². The highest BCUT2D eigenvalue weighted by Gasteiger charge is 1.95. The van der Waals surface area contributed by atoms with Crippen molar-refractivity contribution in [1.29, 1.82) is 0 Å². The van der Waals surface area contributed by atoms with Crippen molar-refractivity contribution in [2.24, 2.45) is 5.73 Å². The molecule has 0 amide bonds. The summed E-state index contributed by atoms with van der Waals surface area (Å²) in [5.74, 6) is 0. The second-order valence-corrected chi connectivity index (χ2v) is 4.55. The molecule has 0 aliphatic heterocycles. The van der Waals surface area contributed by atoms with Crippen LogP contribution in [0.4, 0.5) is 0 Å². The van der Waals surface area contributed by atoms with Gasteiger partial charge in [0, 0.05) is 0 Å². The Labute approximate surface area is 111 Å². The molecule has 0 saturated carbocycles. The lowest BCUT2D eigenvalue weighted by Gasteiger charge is -2.04. The van der Waals surface area contributed by atoms with Crippen LogP contribution in [0.15, 0.2) is 54.1 Å². The Kier molecular flexibility index (Phi) is 7.90. The Morgan fingerprint density at radius 3 is 2.39 bits per heavy atom.